The molecule has 5 heteroatoms. The molecule has 1 N–H and O–H groups in total. The molecule has 1 fully saturated rings. The average molecular weight is 254 g/mol. The topological polar surface area (TPSA) is 68.4 Å². The van der Waals surface area contributed by atoms with Gasteiger partial charge in [-0.1, -0.05) is 12.1 Å². The van der Waals surface area contributed by atoms with E-state index in [1.807, 2.05) is 6.92 Å². The number of aliphatic hydroxyl groups excluding tert-OH is 1. The second kappa shape index (κ2) is 6.29. The molecule has 0 bridgehead atoms. The van der Waals surface area contributed by atoms with Crippen LogP contribution in [0.25, 0.3) is 0 Å². The molecule has 1 aromatic heterocycles. The second-order valence-electron chi connectivity index (χ2n) is 5.00. The van der Waals surface area contributed by atoms with Gasteiger partial charge in [0.05, 0.1) is 18.1 Å². The number of aromatic nitrogens is 2. The average Bonchev–Trinajstić information content (AvgIpc) is 2.79. The van der Waals surface area contributed by atoms with Crippen LogP contribution in [0.15, 0.2) is 4.52 Å². The van der Waals surface area contributed by atoms with Crippen LogP contribution in [0.5, 0.6) is 0 Å². The first-order valence-corrected chi connectivity index (χ1v) is 6.82. The van der Waals surface area contributed by atoms with E-state index in [9.17, 15) is 5.11 Å². The van der Waals surface area contributed by atoms with Gasteiger partial charge in [0.15, 0.2) is 5.82 Å². The molecule has 3 atom stereocenters. The standard InChI is InChI=1S/C13H22N2O3/c1-3-11(9(2)16)13-14-12(15-18-13)8-10-6-4-5-7-17-10/h9-11,16H,3-8H2,1-2H3. The van der Waals surface area contributed by atoms with Crippen molar-refractivity contribution >= 4 is 0 Å². The van der Waals surface area contributed by atoms with E-state index in [-0.39, 0.29) is 12.0 Å². The van der Waals surface area contributed by atoms with Crippen molar-refractivity contribution < 1.29 is 14.4 Å². The third kappa shape index (κ3) is 3.29. The molecule has 18 heavy (non-hydrogen) atoms. The van der Waals surface area contributed by atoms with E-state index < -0.39 is 6.10 Å². The molecular formula is C13H22N2O3. The Morgan fingerprint density at radius 3 is 2.89 bits per heavy atom. The van der Waals surface area contributed by atoms with Gasteiger partial charge in [0.1, 0.15) is 0 Å². The summed E-state index contributed by atoms with van der Waals surface area (Å²) < 4.78 is 10.9. The van der Waals surface area contributed by atoms with E-state index in [4.69, 9.17) is 9.26 Å². The Kier molecular flexibility index (Phi) is 4.72. The Bertz CT molecular complexity index is 359. The molecule has 0 aromatic carbocycles. The quantitative estimate of drug-likeness (QED) is 0.871. The highest BCUT2D eigenvalue weighted by Gasteiger charge is 2.23. The van der Waals surface area contributed by atoms with Gasteiger partial charge in [0.2, 0.25) is 5.89 Å². The first-order chi connectivity index (χ1) is 8.70. The minimum atomic E-state index is -0.464. The summed E-state index contributed by atoms with van der Waals surface area (Å²) in [6.07, 6.45) is 4.68. The van der Waals surface area contributed by atoms with Gasteiger partial charge in [-0.15, -0.1) is 0 Å². The Labute approximate surface area is 108 Å². The zero-order valence-electron chi connectivity index (χ0n) is 11.1. The fraction of sp³-hybridized carbons (Fsp3) is 0.846. The maximum absolute atomic E-state index is 9.64. The molecule has 3 unspecified atom stereocenters. The zero-order valence-corrected chi connectivity index (χ0v) is 11.1. The van der Waals surface area contributed by atoms with Gasteiger partial charge in [-0.05, 0) is 32.6 Å². The minimum absolute atomic E-state index is 0.0708. The molecule has 2 heterocycles. The van der Waals surface area contributed by atoms with E-state index in [0.717, 1.165) is 25.9 Å². The first kappa shape index (κ1) is 13.5. The molecule has 0 spiro atoms. The van der Waals surface area contributed by atoms with Crippen LogP contribution in [0.2, 0.25) is 0 Å². The summed E-state index contributed by atoms with van der Waals surface area (Å²) in [5, 5.41) is 13.6. The number of hydrogen-bond acceptors (Lipinski definition) is 5. The van der Waals surface area contributed by atoms with Crippen molar-refractivity contribution in [3.63, 3.8) is 0 Å². The lowest BCUT2D eigenvalue weighted by atomic mass is 10.0. The van der Waals surface area contributed by atoms with Crippen molar-refractivity contribution in [2.45, 2.75) is 64.1 Å². The summed E-state index contributed by atoms with van der Waals surface area (Å²) in [6, 6.07) is 0. The SMILES string of the molecule is CCC(c1nc(CC2CCCCO2)no1)C(C)O. The summed E-state index contributed by atoms with van der Waals surface area (Å²) in [6.45, 7) is 4.59. The lowest BCUT2D eigenvalue weighted by Gasteiger charge is -2.20. The van der Waals surface area contributed by atoms with E-state index in [1.165, 1.54) is 6.42 Å². The van der Waals surface area contributed by atoms with Crippen molar-refractivity contribution in [2.75, 3.05) is 6.61 Å². The second-order valence-corrected chi connectivity index (χ2v) is 5.00. The summed E-state index contributed by atoms with van der Waals surface area (Å²) in [5.74, 6) is 1.16. The van der Waals surface area contributed by atoms with Crippen LogP contribution in [0.3, 0.4) is 0 Å². The molecule has 1 aliphatic rings. The molecule has 0 saturated carbocycles. The lowest BCUT2D eigenvalue weighted by Crippen LogP contribution is -2.22. The maximum atomic E-state index is 9.64. The highest BCUT2D eigenvalue weighted by atomic mass is 16.5. The summed E-state index contributed by atoms with van der Waals surface area (Å²) in [4.78, 5) is 4.38. The molecular weight excluding hydrogens is 232 g/mol. The Morgan fingerprint density at radius 2 is 2.28 bits per heavy atom. The highest BCUT2D eigenvalue weighted by molar-refractivity contribution is 4.97. The van der Waals surface area contributed by atoms with Gasteiger partial charge in [0.25, 0.3) is 0 Å². The monoisotopic (exact) mass is 254 g/mol. The van der Waals surface area contributed by atoms with Crippen LogP contribution in [-0.4, -0.2) is 34.1 Å². The number of hydrogen-bond donors (Lipinski definition) is 1. The predicted molar refractivity (Wildman–Crippen MR) is 66.3 cm³/mol. The van der Waals surface area contributed by atoms with Crippen molar-refractivity contribution in [1.82, 2.24) is 10.1 Å². The third-order valence-corrected chi connectivity index (χ3v) is 3.51. The molecule has 2 rings (SSSR count). The van der Waals surface area contributed by atoms with Crippen LogP contribution in [0.4, 0.5) is 0 Å². The first-order valence-electron chi connectivity index (χ1n) is 6.82. The molecule has 1 aliphatic heterocycles. The third-order valence-electron chi connectivity index (χ3n) is 3.51. The molecule has 0 aliphatic carbocycles. The van der Waals surface area contributed by atoms with E-state index >= 15 is 0 Å². The molecule has 5 nitrogen and oxygen atoms in total. The smallest absolute Gasteiger partial charge is 0.232 e. The van der Waals surface area contributed by atoms with E-state index in [2.05, 4.69) is 10.1 Å². The Hall–Kier alpha value is -0.940. The van der Waals surface area contributed by atoms with Crippen molar-refractivity contribution in [3.8, 4) is 0 Å². The number of nitrogens with zero attached hydrogens (tertiary/aromatic N) is 2. The molecule has 1 aromatic rings. The largest absolute Gasteiger partial charge is 0.393 e. The van der Waals surface area contributed by atoms with Gasteiger partial charge in [0, 0.05) is 13.0 Å². The zero-order chi connectivity index (χ0) is 13.0. The van der Waals surface area contributed by atoms with Crippen molar-refractivity contribution in [2.24, 2.45) is 0 Å². The number of rotatable bonds is 5. The van der Waals surface area contributed by atoms with Crippen LogP contribution < -0.4 is 0 Å². The molecule has 102 valence electrons. The van der Waals surface area contributed by atoms with Crippen LogP contribution in [-0.2, 0) is 11.2 Å². The Morgan fingerprint density at radius 1 is 1.44 bits per heavy atom. The van der Waals surface area contributed by atoms with Gasteiger partial charge >= 0.3 is 0 Å². The summed E-state index contributed by atoms with van der Waals surface area (Å²) >= 11 is 0. The fourth-order valence-electron chi connectivity index (χ4n) is 2.40. The highest BCUT2D eigenvalue weighted by Crippen LogP contribution is 2.22. The summed E-state index contributed by atoms with van der Waals surface area (Å²) in [5.41, 5.74) is 0. The van der Waals surface area contributed by atoms with E-state index in [0.29, 0.717) is 18.1 Å². The van der Waals surface area contributed by atoms with Crippen LogP contribution in [0.1, 0.15) is 57.2 Å². The lowest BCUT2D eigenvalue weighted by molar-refractivity contribution is 0.0153. The summed E-state index contributed by atoms with van der Waals surface area (Å²) in [7, 11) is 0. The Balaban J connectivity index is 1.96. The van der Waals surface area contributed by atoms with Crippen molar-refractivity contribution in [3.05, 3.63) is 11.7 Å². The predicted octanol–water partition coefficient (Wildman–Crippen LogP) is 2.06. The van der Waals surface area contributed by atoms with Gasteiger partial charge in [-0.3, -0.25) is 0 Å². The normalized spacial score (nSPS) is 23.8. The van der Waals surface area contributed by atoms with Crippen LogP contribution >= 0.6 is 0 Å². The van der Waals surface area contributed by atoms with Gasteiger partial charge in [-0.25, -0.2) is 0 Å². The van der Waals surface area contributed by atoms with E-state index in [1.54, 1.807) is 6.92 Å². The molecule has 0 radical (unpaired) electrons. The number of aliphatic hydroxyl groups is 1. The van der Waals surface area contributed by atoms with Crippen LogP contribution in [0, 0.1) is 0 Å². The molecule has 0 amide bonds. The van der Waals surface area contributed by atoms with Crippen molar-refractivity contribution in [1.29, 1.82) is 0 Å². The maximum Gasteiger partial charge on any atom is 0.232 e. The van der Waals surface area contributed by atoms with Gasteiger partial charge < -0.3 is 14.4 Å². The fourth-order valence-corrected chi connectivity index (χ4v) is 2.40. The molecule has 1 saturated heterocycles. The number of ether oxygens (including phenoxy) is 1. The minimum Gasteiger partial charge on any atom is -0.393 e. The van der Waals surface area contributed by atoms with Gasteiger partial charge in [-0.2, -0.15) is 4.98 Å².